The summed E-state index contributed by atoms with van der Waals surface area (Å²) in [7, 11) is 0. The van der Waals surface area contributed by atoms with E-state index in [0.29, 0.717) is 12.8 Å². The van der Waals surface area contributed by atoms with Gasteiger partial charge >= 0.3 is 5.97 Å². The molecule has 1 unspecified atom stereocenters. The van der Waals surface area contributed by atoms with Gasteiger partial charge in [-0.15, -0.1) is 0 Å². The van der Waals surface area contributed by atoms with Gasteiger partial charge in [0.15, 0.2) is 0 Å². The summed E-state index contributed by atoms with van der Waals surface area (Å²) >= 11 is 0. The topological polar surface area (TPSA) is 60.8 Å². The highest BCUT2D eigenvalue weighted by Gasteiger charge is 2.49. The molecule has 14 heavy (non-hydrogen) atoms. The molecule has 0 aromatic rings. The first-order chi connectivity index (χ1) is 6.19. The van der Waals surface area contributed by atoms with Gasteiger partial charge in [0.2, 0.25) is 0 Å². The molecule has 1 heterocycles. The lowest BCUT2D eigenvalue weighted by molar-refractivity contribution is -0.258. The van der Waals surface area contributed by atoms with Gasteiger partial charge in [0.25, 0.3) is 0 Å². The van der Waals surface area contributed by atoms with Crippen LogP contribution in [0.15, 0.2) is 0 Å². The van der Waals surface area contributed by atoms with Crippen molar-refractivity contribution in [3.8, 4) is 0 Å². The van der Waals surface area contributed by atoms with Crippen LogP contribution in [0, 0.1) is 5.92 Å². The van der Waals surface area contributed by atoms with Crippen LogP contribution < -0.4 is 0 Å². The second-order valence-corrected chi connectivity index (χ2v) is 5.21. The maximum Gasteiger partial charge on any atom is 0.308 e. The quantitative estimate of drug-likeness (QED) is 0.678. The minimum atomic E-state index is -0.829. The maximum absolute atomic E-state index is 11.0. The third-order valence-electron chi connectivity index (χ3n) is 3.31. The highest BCUT2D eigenvalue weighted by Crippen LogP contribution is 2.40. The van der Waals surface area contributed by atoms with E-state index in [-0.39, 0.29) is 5.54 Å². The molecule has 0 spiro atoms. The Morgan fingerprint density at radius 1 is 1.36 bits per heavy atom. The number of carboxylic acids is 1. The van der Waals surface area contributed by atoms with E-state index in [9.17, 15) is 10.0 Å². The van der Waals surface area contributed by atoms with Crippen molar-refractivity contribution in [2.24, 2.45) is 5.92 Å². The lowest BCUT2D eigenvalue weighted by Crippen LogP contribution is -2.62. The molecular weight excluding hydrogens is 182 g/mol. The first-order valence-corrected chi connectivity index (χ1v) is 4.91. The molecule has 0 aromatic carbocycles. The Labute approximate surface area is 84.5 Å². The minimum Gasteiger partial charge on any atom is -0.481 e. The smallest absolute Gasteiger partial charge is 0.308 e. The molecule has 0 aromatic heterocycles. The number of piperidine rings is 1. The van der Waals surface area contributed by atoms with E-state index in [0.717, 1.165) is 0 Å². The Hall–Kier alpha value is -0.610. The number of nitrogens with zero attached hydrogens (tertiary/aromatic N) is 1. The lowest BCUT2D eigenvalue weighted by Gasteiger charge is -2.51. The zero-order chi connectivity index (χ0) is 11.1. The lowest BCUT2D eigenvalue weighted by atomic mass is 9.74. The zero-order valence-corrected chi connectivity index (χ0v) is 9.24. The van der Waals surface area contributed by atoms with Gasteiger partial charge in [-0.2, -0.15) is 5.06 Å². The van der Waals surface area contributed by atoms with Crippen LogP contribution >= 0.6 is 0 Å². The minimum absolute atomic E-state index is 0.338. The van der Waals surface area contributed by atoms with Crippen molar-refractivity contribution in [2.75, 3.05) is 0 Å². The summed E-state index contributed by atoms with van der Waals surface area (Å²) in [6.07, 6.45) is 1.32. The molecule has 1 fully saturated rings. The molecule has 0 radical (unpaired) electrons. The van der Waals surface area contributed by atoms with Crippen LogP contribution in [0.25, 0.3) is 0 Å². The summed E-state index contributed by atoms with van der Waals surface area (Å²) in [5.74, 6) is -1.33. The van der Waals surface area contributed by atoms with Gasteiger partial charge in [0.1, 0.15) is 0 Å². The van der Waals surface area contributed by atoms with Gasteiger partial charge in [-0.1, -0.05) is 0 Å². The Balaban J connectivity index is 2.96. The number of carboxylic acid groups (broad SMARTS) is 1. The van der Waals surface area contributed by atoms with E-state index in [4.69, 9.17) is 5.11 Å². The molecule has 4 heteroatoms. The number of hydrogen-bond donors (Lipinski definition) is 2. The highest BCUT2D eigenvalue weighted by molar-refractivity contribution is 5.71. The van der Waals surface area contributed by atoms with E-state index in [2.05, 4.69) is 0 Å². The van der Waals surface area contributed by atoms with Gasteiger partial charge in [-0.3, -0.25) is 4.79 Å². The number of carbonyl (C=O) groups is 1. The SMILES string of the molecule is CC1(C)CCC(C(=O)O)C(C)(C)N1O. The van der Waals surface area contributed by atoms with Crippen molar-refractivity contribution in [2.45, 2.75) is 51.6 Å². The van der Waals surface area contributed by atoms with Crippen LogP contribution in [0.5, 0.6) is 0 Å². The molecule has 82 valence electrons. The fourth-order valence-corrected chi connectivity index (χ4v) is 2.31. The summed E-state index contributed by atoms with van der Waals surface area (Å²) in [6, 6.07) is 0. The predicted molar refractivity (Wildman–Crippen MR) is 52.1 cm³/mol. The molecular formula is C10H19NO3. The molecule has 1 aliphatic heterocycles. The van der Waals surface area contributed by atoms with Crippen LogP contribution in [0.3, 0.4) is 0 Å². The molecule has 0 amide bonds. The maximum atomic E-state index is 11.0. The van der Waals surface area contributed by atoms with Gasteiger partial charge in [-0.25, -0.2) is 0 Å². The molecule has 0 saturated carbocycles. The van der Waals surface area contributed by atoms with E-state index in [1.807, 2.05) is 13.8 Å². The van der Waals surface area contributed by atoms with Crippen molar-refractivity contribution >= 4 is 5.97 Å². The van der Waals surface area contributed by atoms with Gasteiger partial charge < -0.3 is 10.3 Å². The second-order valence-electron chi connectivity index (χ2n) is 5.21. The van der Waals surface area contributed by atoms with E-state index in [1.165, 1.54) is 5.06 Å². The monoisotopic (exact) mass is 201 g/mol. The summed E-state index contributed by atoms with van der Waals surface area (Å²) in [5, 5.41) is 20.2. The number of hydroxylamine groups is 2. The van der Waals surface area contributed by atoms with Crippen LogP contribution in [0.4, 0.5) is 0 Å². The second kappa shape index (κ2) is 3.21. The predicted octanol–water partition coefficient (Wildman–Crippen LogP) is 1.73. The van der Waals surface area contributed by atoms with Crippen molar-refractivity contribution in [3.05, 3.63) is 0 Å². The first-order valence-electron chi connectivity index (χ1n) is 4.91. The fourth-order valence-electron chi connectivity index (χ4n) is 2.31. The van der Waals surface area contributed by atoms with E-state index in [1.54, 1.807) is 13.8 Å². The summed E-state index contributed by atoms with van der Waals surface area (Å²) in [4.78, 5) is 11.0. The molecule has 1 saturated heterocycles. The van der Waals surface area contributed by atoms with Crippen LogP contribution in [0.2, 0.25) is 0 Å². The molecule has 1 atom stereocenters. The Morgan fingerprint density at radius 3 is 2.29 bits per heavy atom. The molecule has 1 rings (SSSR count). The number of aliphatic carboxylic acids is 1. The summed E-state index contributed by atoms with van der Waals surface area (Å²) < 4.78 is 0. The molecule has 4 nitrogen and oxygen atoms in total. The average molecular weight is 201 g/mol. The normalized spacial score (nSPS) is 31.4. The summed E-state index contributed by atoms with van der Waals surface area (Å²) in [6.45, 7) is 7.39. The first kappa shape index (κ1) is 11.5. The van der Waals surface area contributed by atoms with E-state index < -0.39 is 17.4 Å². The standard InChI is InChI=1S/C10H19NO3/c1-9(2)6-5-7(8(12)13)10(3,4)11(9)14/h7,14H,5-6H2,1-4H3,(H,12,13). The number of hydrogen-bond acceptors (Lipinski definition) is 3. The third kappa shape index (κ3) is 1.64. The van der Waals surface area contributed by atoms with Crippen LogP contribution in [-0.2, 0) is 4.79 Å². The van der Waals surface area contributed by atoms with E-state index >= 15 is 0 Å². The van der Waals surface area contributed by atoms with Crippen molar-refractivity contribution < 1.29 is 15.1 Å². The van der Waals surface area contributed by atoms with Crippen LogP contribution in [0.1, 0.15) is 40.5 Å². The third-order valence-corrected chi connectivity index (χ3v) is 3.31. The Bertz CT molecular complexity index is 248. The summed E-state index contributed by atoms with van der Waals surface area (Å²) in [5.41, 5.74) is -1.04. The molecule has 0 bridgehead atoms. The Morgan fingerprint density at radius 2 is 1.86 bits per heavy atom. The van der Waals surface area contributed by atoms with Crippen LogP contribution in [-0.4, -0.2) is 32.4 Å². The van der Waals surface area contributed by atoms with Crippen molar-refractivity contribution in [1.82, 2.24) is 5.06 Å². The fraction of sp³-hybridized carbons (Fsp3) is 0.900. The number of rotatable bonds is 1. The van der Waals surface area contributed by atoms with Gasteiger partial charge in [-0.05, 0) is 40.5 Å². The zero-order valence-electron chi connectivity index (χ0n) is 9.24. The van der Waals surface area contributed by atoms with Gasteiger partial charge in [0, 0.05) is 5.54 Å². The molecule has 0 aliphatic carbocycles. The molecule has 2 N–H and O–H groups in total. The molecule has 1 aliphatic rings. The highest BCUT2D eigenvalue weighted by atomic mass is 16.5. The largest absolute Gasteiger partial charge is 0.481 e. The van der Waals surface area contributed by atoms with Crippen molar-refractivity contribution in [1.29, 1.82) is 0 Å². The van der Waals surface area contributed by atoms with Gasteiger partial charge in [0.05, 0.1) is 11.5 Å². The Kier molecular flexibility index (Phi) is 2.63. The van der Waals surface area contributed by atoms with Crippen molar-refractivity contribution in [3.63, 3.8) is 0 Å². The average Bonchev–Trinajstić information content (AvgIpc) is 1.99.